The summed E-state index contributed by atoms with van der Waals surface area (Å²) in [5, 5.41) is 4.05. The number of sulfonamides is 1. The molecule has 0 heterocycles. The van der Waals surface area contributed by atoms with E-state index in [1.165, 1.54) is 23.1 Å². The van der Waals surface area contributed by atoms with Crippen molar-refractivity contribution >= 4 is 62.3 Å². The molecule has 4 rings (SSSR count). The van der Waals surface area contributed by atoms with Crippen molar-refractivity contribution in [1.29, 1.82) is 0 Å². The van der Waals surface area contributed by atoms with E-state index in [9.17, 15) is 18.0 Å². The first-order valence-electron chi connectivity index (χ1n) is 15.3. The Morgan fingerprint density at radius 1 is 0.851 bits per heavy atom. The number of hydrogen-bond donors (Lipinski definition) is 1. The Hall–Kier alpha value is -3.56. The molecule has 7 nitrogen and oxygen atoms in total. The van der Waals surface area contributed by atoms with E-state index in [1.807, 2.05) is 44.2 Å². The highest BCUT2D eigenvalue weighted by molar-refractivity contribution is 7.92. The quantitative estimate of drug-likeness (QED) is 0.134. The minimum absolute atomic E-state index is 0.0121. The lowest BCUT2D eigenvalue weighted by atomic mass is 10.0. The van der Waals surface area contributed by atoms with Crippen molar-refractivity contribution in [2.45, 2.75) is 57.5 Å². The lowest BCUT2D eigenvalue weighted by Gasteiger charge is -2.34. The number of carbonyl (C=O) groups is 2. The predicted molar refractivity (Wildman–Crippen MR) is 191 cm³/mol. The van der Waals surface area contributed by atoms with E-state index in [2.05, 4.69) is 5.32 Å². The number of aryl methyl sites for hydroxylation is 2. The number of nitrogens with zero attached hydrogens (tertiary/aromatic N) is 2. The molecule has 1 N–H and O–H groups in total. The molecule has 2 amide bonds. The first-order chi connectivity index (χ1) is 22.4. The van der Waals surface area contributed by atoms with E-state index in [4.69, 9.17) is 34.8 Å². The van der Waals surface area contributed by atoms with Crippen LogP contribution in [0.5, 0.6) is 0 Å². The van der Waals surface area contributed by atoms with Gasteiger partial charge in [-0.2, -0.15) is 0 Å². The monoisotopic (exact) mass is 713 g/mol. The Balaban J connectivity index is 1.83. The molecule has 248 valence electrons. The van der Waals surface area contributed by atoms with Gasteiger partial charge in [-0.15, -0.1) is 0 Å². The van der Waals surface area contributed by atoms with Gasteiger partial charge in [0.2, 0.25) is 11.8 Å². The second kappa shape index (κ2) is 16.5. The maximum Gasteiger partial charge on any atom is 0.264 e. The van der Waals surface area contributed by atoms with Crippen molar-refractivity contribution in [1.82, 2.24) is 10.2 Å². The average Bonchev–Trinajstić information content (AvgIpc) is 3.04. The van der Waals surface area contributed by atoms with Gasteiger partial charge in [0.1, 0.15) is 12.6 Å². The molecule has 0 unspecified atom stereocenters. The molecule has 4 aromatic carbocycles. The van der Waals surface area contributed by atoms with Crippen LogP contribution in [0.15, 0.2) is 95.9 Å². The minimum Gasteiger partial charge on any atom is -0.354 e. The molecule has 47 heavy (non-hydrogen) atoms. The van der Waals surface area contributed by atoms with Crippen molar-refractivity contribution in [2.24, 2.45) is 0 Å². The van der Waals surface area contributed by atoms with Gasteiger partial charge >= 0.3 is 0 Å². The number of amides is 2. The highest BCUT2D eigenvalue weighted by atomic mass is 35.5. The van der Waals surface area contributed by atoms with Gasteiger partial charge in [0, 0.05) is 34.6 Å². The maximum atomic E-state index is 14.6. The molecule has 0 aliphatic rings. The first-order valence-corrected chi connectivity index (χ1v) is 17.9. The number of rotatable bonds is 14. The van der Waals surface area contributed by atoms with Gasteiger partial charge in [-0.05, 0) is 73.4 Å². The van der Waals surface area contributed by atoms with Crippen molar-refractivity contribution < 1.29 is 18.0 Å². The van der Waals surface area contributed by atoms with Crippen LogP contribution in [0.4, 0.5) is 5.69 Å². The van der Waals surface area contributed by atoms with Crippen LogP contribution in [-0.2, 0) is 32.6 Å². The van der Waals surface area contributed by atoms with Crippen LogP contribution < -0.4 is 9.62 Å². The lowest BCUT2D eigenvalue weighted by molar-refractivity contribution is -0.140. The van der Waals surface area contributed by atoms with Crippen LogP contribution in [0.2, 0.25) is 15.1 Å². The molecule has 0 saturated carbocycles. The molecule has 0 radical (unpaired) electrons. The number of carbonyl (C=O) groups excluding carboxylic acids is 2. The summed E-state index contributed by atoms with van der Waals surface area (Å²) in [6.45, 7) is 5.44. The van der Waals surface area contributed by atoms with Crippen LogP contribution >= 0.6 is 34.8 Å². The summed E-state index contributed by atoms with van der Waals surface area (Å²) in [7, 11) is -4.25. The third-order valence-electron chi connectivity index (χ3n) is 7.79. The third-order valence-corrected chi connectivity index (χ3v) is 10.6. The van der Waals surface area contributed by atoms with E-state index in [1.54, 1.807) is 49.4 Å². The average molecular weight is 715 g/mol. The predicted octanol–water partition coefficient (Wildman–Crippen LogP) is 8.02. The van der Waals surface area contributed by atoms with Crippen molar-refractivity contribution in [3.63, 3.8) is 0 Å². The fourth-order valence-corrected chi connectivity index (χ4v) is 7.05. The number of benzene rings is 4. The van der Waals surface area contributed by atoms with Gasteiger partial charge in [-0.25, -0.2) is 8.42 Å². The molecule has 0 bridgehead atoms. The van der Waals surface area contributed by atoms with E-state index in [0.29, 0.717) is 27.2 Å². The normalized spacial score (nSPS) is 12.0. The van der Waals surface area contributed by atoms with Crippen molar-refractivity contribution in [3.05, 3.63) is 128 Å². The third kappa shape index (κ3) is 9.51. The summed E-state index contributed by atoms with van der Waals surface area (Å²) >= 11 is 19.2. The molecular weight excluding hydrogens is 677 g/mol. The molecule has 11 heteroatoms. The number of halogens is 3. The topological polar surface area (TPSA) is 86.8 Å². The van der Waals surface area contributed by atoms with E-state index in [-0.39, 0.29) is 29.5 Å². The van der Waals surface area contributed by atoms with Gasteiger partial charge in [0.05, 0.1) is 10.6 Å². The standard InChI is InChI=1S/C36H38Cl3N3O4S/c1-4-5-19-40-36(44)34(20-27-9-7-6-8-10-27)41(23-28-14-15-29(37)21-33(28)39)35(43)24-42(30-16-13-26(3)32(38)22-30)47(45,46)31-17-11-25(2)12-18-31/h6-18,21-22,34H,4-5,19-20,23-24H2,1-3H3,(H,40,44)/t34-/m1/s1. The van der Waals surface area contributed by atoms with Crippen LogP contribution in [0, 0.1) is 13.8 Å². The Labute approximate surface area is 292 Å². The van der Waals surface area contributed by atoms with E-state index >= 15 is 0 Å². The zero-order valence-electron chi connectivity index (χ0n) is 26.5. The molecule has 0 spiro atoms. The Morgan fingerprint density at radius 2 is 1.55 bits per heavy atom. The van der Waals surface area contributed by atoms with Gasteiger partial charge in [0.25, 0.3) is 10.0 Å². The second-order valence-corrected chi connectivity index (χ2v) is 14.5. The number of unbranched alkanes of at least 4 members (excludes halogenated alkanes) is 1. The summed E-state index contributed by atoms with van der Waals surface area (Å²) in [5.74, 6) is -0.956. The maximum absolute atomic E-state index is 14.6. The van der Waals surface area contributed by atoms with Gasteiger partial charge in [-0.3, -0.25) is 13.9 Å². The number of anilines is 1. The molecule has 0 aromatic heterocycles. The van der Waals surface area contributed by atoms with Crippen LogP contribution in [0.25, 0.3) is 0 Å². The Bertz CT molecular complexity index is 1800. The molecule has 0 aliphatic heterocycles. The molecule has 0 saturated heterocycles. The zero-order valence-corrected chi connectivity index (χ0v) is 29.6. The van der Waals surface area contributed by atoms with Crippen LogP contribution in [-0.4, -0.2) is 44.3 Å². The zero-order chi connectivity index (χ0) is 34.1. The fourth-order valence-electron chi connectivity index (χ4n) is 5.00. The summed E-state index contributed by atoms with van der Waals surface area (Å²) in [6.07, 6.45) is 1.83. The Kier molecular flexibility index (Phi) is 12.7. The van der Waals surface area contributed by atoms with Gasteiger partial charge < -0.3 is 10.2 Å². The minimum atomic E-state index is -4.25. The molecule has 1 atom stereocenters. The smallest absolute Gasteiger partial charge is 0.264 e. The fraction of sp³-hybridized carbons (Fsp3) is 0.278. The summed E-state index contributed by atoms with van der Waals surface area (Å²) in [4.78, 5) is 29.9. The van der Waals surface area contributed by atoms with Crippen molar-refractivity contribution in [2.75, 3.05) is 17.4 Å². The summed E-state index contributed by atoms with van der Waals surface area (Å²) in [6, 6.07) is 24.5. The summed E-state index contributed by atoms with van der Waals surface area (Å²) in [5.41, 5.74) is 3.23. The number of nitrogens with one attached hydrogen (secondary N) is 1. The highest BCUT2D eigenvalue weighted by Crippen LogP contribution is 2.30. The van der Waals surface area contributed by atoms with E-state index < -0.39 is 28.5 Å². The first kappa shape index (κ1) is 36.3. The molecule has 4 aromatic rings. The van der Waals surface area contributed by atoms with Crippen molar-refractivity contribution in [3.8, 4) is 0 Å². The molecular formula is C36H38Cl3N3O4S. The lowest BCUT2D eigenvalue weighted by Crippen LogP contribution is -2.53. The van der Waals surface area contributed by atoms with E-state index in [0.717, 1.165) is 33.8 Å². The molecule has 0 aliphatic carbocycles. The highest BCUT2D eigenvalue weighted by Gasteiger charge is 2.35. The number of hydrogen-bond acceptors (Lipinski definition) is 4. The second-order valence-electron chi connectivity index (χ2n) is 11.4. The molecule has 0 fully saturated rings. The van der Waals surface area contributed by atoms with Gasteiger partial charge in [-0.1, -0.05) is 108 Å². The largest absolute Gasteiger partial charge is 0.354 e. The van der Waals surface area contributed by atoms with Gasteiger partial charge in [0.15, 0.2) is 0 Å². The van der Waals surface area contributed by atoms with Crippen LogP contribution in [0.3, 0.4) is 0 Å². The van der Waals surface area contributed by atoms with Crippen LogP contribution in [0.1, 0.15) is 42.0 Å². The summed E-state index contributed by atoms with van der Waals surface area (Å²) < 4.78 is 29.5. The SMILES string of the molecule is CCCCNC(=O)[C@@H](Cc1ccccc1)N(Cc1ccc(Cl)cc1Cl)C(=O)CN(c1ccc(C)c(Cl)c1)S(=O)(=O)c1ccc(C)cc1. The Morgan fingerprint density at radius 3 is 2.19 bits per heavy atom.